The summed E-state index contributed by atoms with van der Waals surface area (Å²) in [7, 11) is 0. The van der Waals surface area contributed by atoms with E-state index in [0.29, 0.717) is 10.7 Å². The van der Waals surface area contributed by atoms with Gasteiger partial charge in [-0.2, -0.15) is 0 Å². The molecule has 19 heavy (non-hydrogen) atoms. The van der Waals surface area contributed by atoms with Crippen LogP contribution in [0.4, 0.5) is 5.69 Å². The molecule has 0 aliphatic rings. The third kappa shape index (κ3) is 2.55. The summed E-state index contributed by atoms with van der Waals surface area (Å²) in [6.07, 6.45) is 0. The van der Waals surface area contributed by atoms with Crippen LogP contribution in [0.1, 0.15) is 5.56 Å². The molecule has 0 atom stereocenters. The summed E-state index contributed by atoms with van der Waals surface area (Å²) in [4.78, 5) is 8.77. The zero-order valence-corrected chi connectivity index (χ0v) is 11.8. The van der Waals surface area contributed by atoms with Crippen LogP contribution in [0.3, 0.4) is 0 Å². The number of H-pyrrole nitrogens is 1. The Morgan fingerprint density at radius 1 is 1.21 bits per heavy atom. The normalized spacial score (nSPS) is 11.1. The van der Waals surface area contributed by atoms with E-state index >= 15 is 0 Å². The molecule has 2 aromatic carbocycles. The van der Waals surface area contributed by atoms with Crippen LogP contribution in [0, 0.1) is 6.92 Å². The van der Waals surface area contributed by atoms with Gasteiger partial charge >= 0.3 is 0 Å². The van der Waals surface area contributed by atoms with Crippen molar-refractivity contribution in [3.05, 3.63) is 47.0 Å². The van der Waals surface area contributed by atoms with Crippen LogP contribution in [0.15, 0.2) is 46.5 Å². The maximum absolute atomic E-state index is 5.94. The number of halogens is 1. The second-order valence-electron chi connectivity index (χ2n) is 4.35. The van der Waals surface area contributed by atoms with E-state index in [4.69, 9.17) is 17.3 Å². The topological polar surface area (TPSA) is 54.7 Å². The molecule has 3 aromatic rings. The quantitative estimate of drug-likeness (QED) is 0.693. The molecule has 3 rings (SSSR count). The average molecular weight is 290 g/mol. The van der Waals surface area contributed by atoms with E-state index in [9.17, 15) is 0 Å². The number of aromatic nitrogens is 2. The molecule has 0 amide bonds. The Labute approximate surface area is 120 Å². The van der Waals surface area contributed by atoms with Gasteiger partial charge in [-0.1, -0.05) is 17.7 Å². The molecule has 0 bridgehead atoms. The number of nitrogens with one attached hydrogen (secondary N) is 1. The summed E-state index contributed by atoms with van der Waals surface area (Å²) in [5, 5.41) is 1.47. The molecule has 5 heteroatoms. The predicted molar refractivity (Wildman–Crippen MR) is 80.8 cm³/mol. The molecule has 0 fully saturated rings. The Hall–Kier alpha value is -1.65. The summed E-state index contributed by atoms with van der Waals surface area (Å²) in [6, 6.07) is 11.6. The molecular weight excluding hydrogens is 278 g/mol. The van der Waals surface area contributed by atoms with E-state index in [1.165, 1.54) is 17.3 Å². The summed E-state index contributed by atoms with van der Waals surface area (Å²) in [6.45, 7) is 2.06. The van der Waals surface area contributed by atoms with Crippen molar-refractivity contribution < 1.29 is 0 Å². The van der Waals surface area contributed by atoms with Crippen molar-refractivity contribution in [1.82, 2.24) is 9.97 Å². The molecule has 3 N–H and O–H groups in total. The maximum Gasteiger partial charge on any atom is 0.171 e. The van der Waals surface area contributed by atoms with Crippen molar-refractivity contribution in [2.75, 3.05) is 5.73 Å². The van der Waals surface area contributed by atoms with Crippen molar-refractivity contribution in [2.45, 2.75) is 17.0 Å². The summed E-state index contributed by atoms with van der Waals surface area (Å²) >= 11 is 7.39. The molecular formula is C14H12ClN3S. The second kappa shape index (κ2) is 4.79. The van der Waals surface area contributed by atoms with Crippen LogP contribution in [-0.4, -0.2) is 9.97 Å². The Morgan fingerprint density at radius 3 is 2.84 bits per heavy atom. The van der Waals surface area contributed by atoms with Gasteiger partial charge in [0.15, 0.2) is 5.16 Å². The number of benzene rings is 2. The number of nitrogen functional groups attached to an aromatic ring is 1. The van der Waals surface area contributed by atoms with Crippen molar-refractivity contribution in [1.29, 1.82) is 0 Å². The van der Waals surface area contributed by atoms with Crippen molar-refractivity contribution in [2.24, 2.45) is 0 Å². The molecule has 96 valence electrons. The first-order valence-corrected chi connectivity index (χ1v) is 7.00. The van der Waals surface area contributed by atoms with Crippen LogP contribution in [0.25, 0.3) is 11.0 Å². The van der Waals surface area contributed by atoms with Crippen LogP contribution >= 0.6 is 23.4 Å². The van der Waals surface area contributed by atoms with Crippen LogP contribution in [0.5, 0.6) is 0 Å². The first-order valence-electron chi connectivity index (χ1n) is 5.81. The van der Waals surface area contributed by atoms with Crippen LogP contribution in [-0.2, 0) is 0 Å². The van der Waals surface area contributed by atoms with Gasteiger partial charge in [-0.25, -0.2) is 4.98 Å². The lowest BCUT2D eigenvalue weighted by atomic mass is 10.2. The zero-order valence-electron chi connectivity index (χ0n) is 10.3. The average Bonchev–Trinajstić information content (AvgIpc) is 2.74. The minimum absolute atomic E-state index is 0.641. The third-order valence-electron chi connectivity index (χ3n) is 2.79. The van der Waals surface area contributed by atoms with Crippen molar-refractivity contribution >= 4 is 40.1 Å². The largest absolute Gasteiger partial charge is 0.398 e. The van der Waals surface area contributed by atoms with E-state index < -0.39 is 0 Å². The Balaban J connectivity index is 1.96. The fraction of sp³-hybridized carbons (Fsp3) is 0.0714. The van der Waals surface area contributed by atoms with Crippen LogP contribution in [0.2, 0.25) is 5.02 Å². The molecule has 0 saturated carbocycles. The maximum atomic E-state index is 5.94. The molecule has 1 heterocycles. The van der Waals surface area contributed by atoms with Crippen molar-refractivity contribution in [3.63, 3.8) is 0 Å². The Kier molecular flexibility index (Phi) is 3.12. The third-order valence-corrected chi connectivity index (χ3v) is 4.01. The van der Waals surface area contributed by atoms with Gasteiger partial charge < -0.3 is 10.7 Å². The number of anilines is 1. The predicted octanol–water partition coefficient (Wildman–Crippen LogP) is 4.26. The van der Waals surface area contributed by atoms with Gasteiger partial charge in [-0.3, -0.25) is 0 Å². The zero-order chi connectivity index (χ0) is 13.4. The lowest BCUT2D eigenvalue weighted by Crippen LogP contribution is -1.88. The molecule has 0 aliphatic heterocycles. The lowest BCUT2D eigenvalue weighted by Gasteiger charge is -2.02. The highest BCUT2D eigenvalue weighted by Crippen LogP contribution is 2.32. The minimum Gasteiger partial charge on any atom is -0.398 e. The molecule has 0 aliphatic carbocycles. The fourth-order valence-electron chi connectivity index (χ4n) is 1.86. The molecule has 0 unspecified atom stereocenters. The van der Waals surface area contributed by atoms with E-state index in [1.807, 2.05) is 24.3 Å². The summed E-state index contributed by atoms with van der Waals surface area (Å²) < 4.78 is 0. The summed E-state index contributed by atoms with van der Waals surface area (Å²) in [5.74, 6) is 0. The highest BCUT2D eigenvalue weighted by Gasteiger charge is 2.07. The molecule has 0 saturated heterocycles. The smallest absolute Gasteiger partial charge is 0.171 e. The van der Waals surface area contributed by atoms with E-state index in [2.05, 4.69) is 23.0 Å². The van der Waals surface area contributed by atoms with Gasteiger partial charge in [-0.05, 0) is 54.6 Å². The van der Waals surface area contributed by atoms with Gasteiger partial charge in [0.1, 0.15) is 0 Å². The number of aromatic amines is 1. The second-order valence-corrected chi connectivity index (χ2v) is 5.81. The number of hydrogen-bond acceptors (Lipinski definition) is 3. The Morgan fingerprint density at radius 2 is 2.05 bits per heavy atom. The van der Waals surface area contributed by atoms with Gasteiger partial charge in [0.2, 0.25) is 0 Å². The first kappa shape index (κ1) is 12.4. The number of rotatable bonds is 2. The van der Waals surface area contributed by atoms with Gasteiger partial charge in [0, 0.05) is 15.6 Å². The number of aryl methyl sites for hydroxylation is 1. The SMILES string of the molecule is Cc1ccc2nc(Sc3ccc(Cl)cc3N)[nH]c2c1. The molecule has 0 radical (unpaired) electrons. The van der Waals surface area contributed by atoms with Gasteiger partial charge in [0.25, 0.3) is 0 Å². The standard InChI is InChI=1S/C14H12ClN3S/c1-8-2-4-11-12(6-8)18-14(17-11)19-13-5-3-9(15)7-10(13)16/h2-7H,16H2,1H3,(H,17,18). The number of hydrogen-bond donors (Lipinski definition) is 2. The Bertz CT molecular complexity index is 752. The van der Waals surface area contributed by atoms with Gasteiger partial charge in [-0.15, -0.1) is 0 Å². The van der Waals surface area contributed by atoms with Crippen molar-refractivity contribution in [3.8, 4) is 0 Å². The molecule has 0 spiro atoms. The van der Waals surface area contributed by atoms with E-state index in [0.717, 1.165) is 21.1 Å². The monoisotopic (exact) mass is 289 g/mol. The highest BCUT2D eigenvalue weighted by atomic mass is 35.5. The summed E-state index contributed by atoms with van der Waals surface area (Å²) in [5.41, 5.74) is 9.80. The number of imidazole rings is 1. The van der Waals surface area contributed by atoms with Crippen LogP contribution < -0.4 is 5.73 Å². The minimum atomic E-state index is 0.641. The number of nitrogens with two attached hydrogens (primary N) is 1. The van der Waals surface area contributed by atoms with E-state index in [-0.39, 0.29) is 0 Å². The highest BCUT2D eigenvalue weighted by molar-refractivity contribution is 7.99. The fourth-order valence-corrected chi connectivity index (χ4v) is 2.87. The number of nitrogens with zero attached hydrogens (tertiary/aromatic N) is 1. The number of fused-ring (bicyclic) bond motifs is 1. The first-order chi connectivity index (χ1) is 9.11. The molecule has 3 nitrogen and oxygen atoms in total. The van der Waals surface area contributed by atoms with Gasteiger partial charge in [0.05, 0.1) is 11.0 Å². The van der Waals surface area contributed by atoms with E-state index in [1.54, 1.807) is 6.07 Å². The lowest BCUT2D eigenvalue weighted by molar-refractivity contribution is 1.08. The molecule has 1 aromatic heterocycles.